The van der Waals surface area contributed by atoms with Crippen molar-refractivity contribution in [2.75, 3.05) is 4.90 Å². The highest BCUT2D eigenvalue weighted by atomic mass is 32.2. The zero-order valence-electron chi connectivity index (χ0n) is 22.8. The fourth-order valence-corrected chi connectivity index (χ4v) is 5.94. The number of amidine groups is 1. The molecule has 0 bridgehead atoms. The molecule has 1 fully saturated rings. The molecule has 6 rings (SSSR count). The van der Waals surface area contributed by atoms with Crippen LogP contribution in [-0.2, 0) is 4.79 Å². The Morgan fingerprint density at radius 3 is 2.45 bits per heavy atom. The Morgan fingerprint density at radius 2 is 1.74 bits per heavy atom. The van der Waals surface area contributed by atoms with Gasteiger partial charge in [-0.1, -0.05) is 48.2 Å². The van der Waals surface area contributed by atoms with Crippen LogP contribution in [0.15, 0.2) is 89.3 Å². The van der Waals surface area contributed by atoms with E-state index in [0.717, 1.165) is 44.2 Å². The van der Waals surface area contributed by atoms with Crippen molar-refractivity contribution in [1.29, 1.82) is 0 Å². The Balaban J connectivity index is 1.27. The van der Waals surface area contributed by atoms with Gasteiger partial charge in [-0.3, -0.25) is 14.3 Å². The molecule has 1 aliphatic rings. The predicted molar refractivity (Wildman–Crippen MR) is 161 cm³/mol. The number of halogens is 3. The van der Waals surface area contributed by atoms with E-state index in [-0.39, 0.29) is 16.9 Å². The van der Waals surface area contributed by atoms with Gasteiger partial charge in [0.25, 0.3) is 0 Å². The lowest BCUT2D eigenvalue weighted by atomic mass is 10.1. The number of hydrogen-bond donors (Lipinski definition) is 0. The van der Waals surface area contributed by atoms with E-state index in [9.17, 15) is 18.0 Å². The average Bonchev–Trinajstić information content (AvgIpc) is 3.49. The molecule has 0 spiro atoms. The molecule has 0 saturated carbocycles. The number of ether oxygens (including phenoxy) is 1. The van der Waals surface area contributed by atoms with Gasteiger partial charge in [-0.25, -0.2) is 4.98 Å². The zero-order valence-corrected chi connectivity index (χ0v) is 23.6. The van der Waals surface area contributed by atoms with Crippen LogP contribution in [0.5, 0.6) is 5.75 Å². The van der Waals surface area contributed by atoms with E-state index in [2.05, 4.69) is 19.9 Å². The lowest BCUT2D eigenvalue weighted by molar-refractivity contribution is -0.274. The number of rotatable bonds is 5. The second kappa shape index (κ2) is 10.6. The van der Waals surface area contributed by atoms with Gasteiger partial charge in [-0.05, 0) is 79.2 Å². The lowest BCUT2D eigenvalue weighted by Crippen LogP contribution is -2.32. The topological polar surface area (TPSA) is 72.1 Å². The van der Waals surface area contributed by atoms with Gasteiger partial charge < -0.3 is 4.74 Å². The van der Waals surface area contributed by atoms with Crippen LogP contribution in [-0.4, -0.2) is 38.5 Å². The number of aryl methyl sites for hydroxylation is 2. The number of aromatic nitrogens is 2. The van der Waals surface area contributed by atoms with Gasteiger partial charge in [0, 0.05) is 11.1 Å². The fourth-order valence-electron chi connectivity index (χ4n) is 5.04. The van der Waals surface area contributed by atoms with E-state index in [4.69, 9.17) is 0 Å². The van der Waals surface area contributed by atoms with Crippen molar-refractivity contribution in [2.24, 2.45) is 10.2 Å². The number of fused-ring (bicyclic) bond motifs is 3. The normalized spacial score (nSPS) is 16.9. The van der Waals surface area contributed by atoms with Crippen LogP contribution in [0.25, 0.3) is 27.5 Å². The highest BCUT2D eigenvalue weighted by Crippen LogP contribution is 2.36. The van der Waals surface area contributed by atoms with E-state index in [0.29, 0.717) is 10.9 Å². The second-order valence-corrected chi connectivity index (χ2v) is 11.2. The number of benzene rings is 4. The molecule has 42 heavy (non-hydrogen) atoms. The monoisotopic (exact) mass is 587 g/mol. The van der Waals surface area contributed by atoms with Gasteiger partial charge in [-0.15, -0.1) is 18.3 Å². The Hall–Kier alpha value is -4.64. The first-order chi connectivity index (χ1) is 20.1. The van der Waals surface area contributed by atoms with Crippen molar-refractivity contribution in [3.63, 3.8) is 0 Å². The third-order valence-electron chi connectivity index (χ3n) is 6.96. The molecule has 2 heterocycles. The minimum Gasteiger partial charge on any atom is -0.406 e. The first-order valence-electron chi connectivity index (χ1n) is 13.0. The Morgan fingerprint density at radius 1 is 1.00 bits per heavy atom. The Bertz CT molecular complexity index is 1880. The van der Waals surface area contributed by atoms with Gasteiger partial charge in [0.05, 0.1) is 28.2 Å². The molecular weight excluding hydrogens is 563 g/mol. The highest BCUT2D eigenvalue weighted by Gasteiger charge is 2.37. The molecule has 1 aromatic heterocycles. The number of carbonyl (C=O) groups excluding carboxylic acids is 1. The number of carbonyl (C=O) groups is 1. The summed E-state index contributed by atoms with van der Waals surface area (Å²) in [5.74, 6) is -0.308. The maximum Gasteiger partial charge on any atom is 0.573 e. The maximum atomic E-state index is 13.0. The third kappa shape index (κ3) is 5.23. The molecule has 212 valence electrons. The van der Waals surface area contributed by atoms with Crippen LogP contribution in [0, 0.1) is 13.8 Å². The minimum atomic E-state index is -4.74. The number of anilines is 1. The van der Waals surface area contributed by atoms with E-state index < -0.39 is 6.36 Å². The summed E-state index contributed by atoms with van der Waals surface area (Å²) in [4.78, 5) is 19.2. The Kier molecular flexibility index (Phi) is 6.97. The second-order valence-electron chi connectivity index (χ2n) is 9.87. The molecule has 1 amide bonds. The van der Waals surface area contributed by atoms with E-state index in [1.54, 1.807) is 34.1 Å². The van der Waals surface area contributed by atoms with Crippen molar-refractivity contribution in [2.45, 2.75) is 32.4 Å². The summed E-state index contributed by atoms with van der Waals surface area (Å²) in [6.07, 6.45) is -1.46. The molecule has 5 aromatic rings. The summed E-state index contributed by atoms with van der Waals surface area (Å²) in [6.45, 7) is 5.81. The van der Waals surface area contributed by atoms with Crippen molar-refractivity contribution >= 4 is 56.5 Å². The molecule has 0 radical (unpaired) electrons. The van der Waals surface area contributed by atoms with E-state index in [1.807, 2.05) is 69.3 Å². The number of imidazole rings is 1. The van der Waals surface area contributed by atoms with Crippen LogP contribution in [0.3, 0.4) is 0 Å². The van der Waals surface area contributed by atoms with Gasteiger partial charge in [-0.2, -0.15) is 5.10 Å². The summed E-state index contributed by atoms with van der Waals surface area (Å²) in [6, 6.07) is 21.2. The molecule has 1 atom stereocenters. The minimum absolute atomic E-state index is 0.0221. The first kappa shape index (κ1) is 27.5. The quantitative estimate of drug-likeness (QED) is 0.157. The summed E-state index contributed by atoms with van der Waals surface area (Å²) in [7, 11) is 0. The zero-order chi connectivity index (χ0) is 29.6. The fraction of sp³-hybridized carbons (Fsp3) is 0.161. The number of para-hydroxylation sites is 1. The first-order valence-corrected chi connectivity index (χ1v) is 13.9. The molecule has 4 aromatic carbocycles. The van der Waals surface area contributed by atoms with Crippen molar-refractivity contribution in [3.05, 3.63) is 95.8 Å². The van der Waals surface area contributed by atoms with Crippen LogP contribution < -0.4 is 9.64 Å². The molecular formula is C31H24F3N5O2S. The SMILES string of the molecule is Cc1cccc(C)c1N1C(=O)C(C)SC1=NN=Cc1ccc2c(ccc3c2ncn3-c2ccc(OC(F)(F)F)cc2)c1. The number of amides is 1. The van der Waals surface area contributed by atoms with E-state index >= 15 is 0 Å². The summed E-state index contributed by atoms with van der Waals surface area (Å²) in [5.41, 5.74) is 5.87. The number of thioether (sulfide) groups is 1. The van der Waals surface area contributed by atoms with Crippen molar-refractivity contribution in [3.8, 4) is 11.4 Å². The molecule has 0 N–H and O–H groups in total. The van der Waals surface area contributed by atoms with Crippen LogP contribution >= 0.6 is 11.8 Å². The van der Waals surface area contributed by atoms with Crippen molar-refractivity contribution < 1.29 is 22.7 Å². The molecule has 1 aliphatic heterocycles. The third-order valence-corrected chi connectivity index (χ3v) is 7.99. The predicted octanol–water partition coefficient (Wildman–Crippen LogP) is 7.55. The summed E-state index contributed by atoms with van der Waals surface area (Å²) in [5, 5.41) is 10.9. The number of alkyl halides is 3. The van der Waals surface area contributed by atoms with E-state index in [1.165, 1.54) is 23.9 Å². The molecule has 0 aliphatic carbocycles. The number of nitrogens with zero attached hydrogens (tertiary/aromatic N) is 5. The van der Waals surface area contributed by atoms with Crippen LogP contribution in [0.4, 0.5) is 18.9 Å². The Labute approximate surface area is 243 Å². The van der Waals surface area contributed by atoms with Crippen LogP contribution in [0.1, 0.15) is 23.6 Å². The van der Waals surface area contributed by atoms with Gasteiger partial charge in [0.15, 0.2) is 5.17 Å². The average molecular weight is 588 g/mol. The summed E-state index contributed by atoms with van der Waals surface area (Å²) < 4.78 is 43.3. The standard InChI is InChI=1S/C31H24F3N5O2S/c1-18-5-4-6-19(2)28(18)39-29(40)20(3)42-30(39)37-36-16-21-7-13-25-22(15-21)8-14-26-27(25)35-17-38(26)23-9-11-24(12-10-23)41-31(32,33)34/h4-17,20H,1-3H3. The smallest absolute Gasteiger partial charge is 0.406 e. The van der Waals surface area contributed by atoms with Crippen molar-refractivity contribution in [1.82, 2.24) is 9.55 Å². The van der Waals surface area contributed by atoms with Gasteiger partial charge >= 0.3 is 6.36 Å². The van der Waals surface area contributed by atoms with Gasteiger partial charge in [0.1, 0.15) is 12.1 Å². The molecule has 11 heteroatoms. The molecule has 1 saturated heterocycles. The lowest BCUT2D eigenvalue weighted by Gasteiger charge is -2.20. The van der Waals surface area contributed by atoms with Crippen LogP contribution in [0.2, 0.25) is 0 Å². The van der Waals surface area contributed by atoms with Gasteiger partial charge in [0.2, 0.25) is 5.91 Å². The largest absolute Gasteiger partial charge is 0.573 e. The number of hydrogen-bond acceptors (Lipinski definition) is 6. The molecule has 1 unspecified atom stereocenters. The molecule has 7 nitrogen and oxygen atoms in total. The maximum absolute atomic E-state index is 13.0. The highest BCUT2D eigenvalue weighted by molar-refractivity contribution is 8.16. The summed E-state index contributed by atoms with van der Waals surface area (Å²) >= 11 is 1.38.